The average molecular weight is 334 g/mol. The minimum Gasteiger partial charge on any atom is -0.317 e. The van der Waals surface area contributed by atoms with Gasteiger partial charge >= 0.3 is 0 Å². The Kier molecular flexibility index (Phi) is 3.94. The molecule has 0 bridgehead atoms. The minimum absolute atomic E-state index is 0.608. The van der Waals surface area contributed by atoms with Crippen LogP contribution in [-0.4, -0.2) is 22.9 Å². The van der Waals surface area contributed by atoms with Crippen LogP contribution in [-0.2, 0) is 7.05 Å². The number of hydrogen-bond donors (Lipinski definition) is 1. The van der Waals surface area contributed by atoms with Gasteiger partial charge in [-0.15, -0.1) is 0 Å². The first-order valence-electron chi connectivity index (χ1n) is 7.17. The van der Waals surface area contributed by atoms with E-state index in [1.165, 1.54) is 29.7 Å². The smallest absolute Gasteiger partial charge is 0.0675 e. The van der Waals surface area contributed by atoms with Crippen molar-refractivity contribution in [2.45, 2.75) is 25.7 Å². The number of halogens is 1. The van der Waals surface area contributed by atoms with Crippen LogP contribution in [0, 0.1) is 6.92 Å². The fraction of sp³-hybridized carbons (Fsp3) is 0.438. The molecule has 0 unspecified atom stereocenters. The molecular formula is C16H20BrN3. The predicted octanol–water partition coefficient (Wildman–Crippen LogP) is 3.63. The summed E-state index contributed by atoms with van der Waals surface area (Å²) < 4.78 is 3.20. The van der Waals surface area contributed by atoms with Gasteiger partial charge in [-0.3, -0.25) is 4.68 Å². The molecule has 1 aromatic carbocycles. The number of aromatic nitrogens is 2. The van der Waals surface area contributed by atoms with Crippen molar-refractivity contribution >= 4 is 15.9 Å². The summed E-state index contributed by atoms with van der Waals surface area (Å²) in [6, 6.07) is 8.53. The van der Waals surface area contributed by atoms with Gasteiger partial charge in [-0.2, -0.15) is 5.10 Å². The highest BCUT2D eigenvalue weighted by Gasteiger charge is 2.24. The molecule has 20 heavy (non-hydrogen) atoms. The van der Waals surface area contributed by atoms with E-state index < -0.39 is 0 Å². The number of nitrogens with zero attached hydrogens (tertiary/aromatic N) is 2. The predicted molar refractivity (Wildman–Crippen MR) is 85.9 cm³/mol. The van der Waals surface area contributed by atoms with Crippen molar-refractivity contribution in [2.75, 3.05) is 13.1 Å². The van der Waals surface area contributed by atoms with Crippen molar-refractivity contribution in [3.8, 4) is 11.1 Å². The van der Waals surface area contributed by atoms with Gasteiger partial charge in [0, 0.05) is 28.7 Å². The number of aryl methyl sites for hydroxylation is 2. The van der Waals surface area contributed by atoms with Crippen LogP contribution >= 0.6 is 15.9 Å². The first kappa shape index (κ1) is 13.8. The van der Waals surface area contributed by atoms with Crippen LogP contribution in [0.25, 0.3) is 11.1 Å². The summed E-state index contributed by atoms with van der Waals surface area (Å²) in [5.74, 6) is 0.608. The van der Waals surface area contributed by atoms with Crippen LogP contribution in [0.4, 0.5) is 0 Å². The van der Waals surface area contributed by atoms with Gasteiger partial charge in [0.15, 0.2) is 0 Å². The number of hydrogen-bond acceptors (Lipinski definition) is 2. The standard InChI is InChI=1S/C16H20BrN3/c1-11-15(13-4-3-5-14(17)10-13)16(20(2)19-11)12-6-8-18-9-7-12/h3-5,10,12,18H,6-9H2,1-2H3. The molecule has 1 aromatic heterocycles. The van der Waals surface area contributed by atoms with Gasteiger partial charge in [0.25, 0.3) is 0 Å². The third-order valence-electron chi connectivity index (χ3n) is 4.11. The Balaban J connectivity index is 2.10. The van der Waals surface area contributed by atoms with E-state index in [4.69, 9.17) is 0 Å². The molecule has 1 fully saturated rings. The van der Waals surface area contributed by atoms with Gasteiger partial charge in [-0.05, 0) is 50.6 Å². The summed E-state index contributed by atoms with van der Waals surface area (Å²) in [5.41, 5.74) is 5.10. The second kappa shape index (κ2) is 5.70. The van der Waals surface area contributed by atoms with E-state index in [9.17, 15) is 0 Å². The first-order chi connectivity index (χ1) is 9.66. The minimum atomic E-state index is 0.608. The first-order valence-corrected chi connectivity index (χ1v) is 7.96. The molecule has 2 aromatic rings. The van der Waals surface area contributed by atoms with E-state index >= 15 is 0 Å². The molecule has 0 spiro atoms. The van der Waals surface area contributed by atoms with Crippen molar-refractivity contribution in [3.63, 3.8) is 0 Å². The van der Waals surface area contributed by atoms with Crippen molar-refractivity contribution in [3.05, 3.63) is 40.1 Å². The van der Waals surface area contributed by atoms with Gasteiger partial charge < -0.3 is 5.32 Å². The maximum absolute atomic E-state index is 4.67. The largest absolute Gasteiger partial charge is 0.317 e. The Morgan fingerprint density at radius 2 is 2.05 bits per heavy atom. The molecule has 4 heteroatoms. The Hall–Kier alpha value is -1.13. The fourth-order valence-electron chi connectivity index (χ4n) is 3.24. The van der Waals surface area contributed by atoms with Crippen LogP contribution in [0.5, 0.6) is 0 Å². The van der Waals surface area contributed by atoms with Gasteiger partial charge in [-0.25, -0.2) is 0 Å². The average Bonchev–Trinajstić information content (AvgIpc) is 2.74. The fourth-order valence-corrected chi connectivity index (χ4v) is 3.64. The van der Waals surface area contributed by atoms with E-state index in [2.05, 4.69) is 69.3 Å². The van der Waals surface area contributed by atoms with Gasteiger partial charge in [-0.1, -0.05) is 28.1 Å². The molecule has 0 aliphatic carbocycles. The SMILES string of the molecule is Cc1nn(C)c(C2CCNCC2)c1-c1cccc(Br)c1. The normalized spacial score (nSPS) is 16.6. The maximum atomic E-state index is 4.67. The zero-order valence-electron chi connectivity index (χ0n) is 12.0. The second-order valence-corrected chi connectivity index (χ2v) is 6.42. The van der Waals surface area contributed by atoms with Gasteiger partial charge in [0.05, 0.1) is 5.69 Å². The third-order valence-corrected chi connectivity index (χ3v) is 4.60. The molecule has 0 saturated carbocycles. The lowest BCUT2D eigenvalue weighted by Gasteiger charge is -2.24. The summed E-state index contributed by atoms with van der Waals surface area (Å²) >= 11 is 3.57. The molecule has 2 heterocycles. The van der Waals surface area contributed by atoms with E-state index in [0.29, 0.717) is 5.92 Å². The highest BCUT2D eigenvalue weighted by molar-refractivity contribution is 9.10. The van der Waals surface area contributed by atoms with Crippen molar-refractivity contribution < 1.29 is 0 Å². The monoisotopic (exact) mass is 333 g/mol. The molecule has 3 nitrogen and oxygen atoms in total. The molecule has 0 radical (unpaired) electrons. The van der Waals surface area contributed by atoms with Crippen LogP contribution < -0.4 is 5.32 Å². The summed E-state index contributed by atoms with van der Waals surface area (Å²) in [6.07, 6.45) is 2.39. The summed E-state index contributed by atoms with van der Waals surface area (Å²) in [6.45, 7) is 4.32. The van der Waals surface area contributed by atoms with Crippen LogP contribution in [0.2, 0.25) is 0 Å². The van der Waals surface area contributed by atoms with Crippen molar-refractivity contribution in [2.24, 2.45) is 7.05 Å². The van der Waals surface area contributed by atoms with Crippen LogP contribution in [0.15, 0.2) is 28.7 Å². The molecular weight excluding hydrogens is 314 g/mol. The molecule has 0 amide bonds. The summed E-state index contributed by atoms with van der Waals surface area (Å²) in [5, 5.41) is 8.12. The Bertz CT molecular complexity index is 612. The lowest BCUT2D eigenvalue weighted by atomic mass is 9.89. The zero-order valence-corrected chi connectivity index (χ0v) is 13.6. The molecule has 0 atom stereocenters. The lowest BCUT2D eigenvalue weighted by Crippen LogP contribution is -2.27. The van der Waals surface area contributed by atoms with Crippen molar-refractivity contribution in [1.29, 1.82) is 0 Å². The highest BCUT2D eigenvalue weighted by Crippen LogP contribution is 2.36. The van der Waals surface area contributed by atoms with Gasteiger partial charge in [0.1, 0.15) is 0 Å². The Morgan fingerprint density at radius 3 is 2.75 bits per heavy atom. The molecule has 3 rings (SSSR count). The molecule has 1 aliphatic heterocycles. The molecule has 106 valence electrons. The quantitative estimate of drug-likeness (QED) is 0.909. The van der Waals surface area contributed by atoms with E-state index in [1.54, 1.807) is 0 Å². The molecule has 1 N–H and O–H groups in total. The van der Waals surface area contributed by atoms with E-state index in [-0.39, 0.29) is 0 Å². The highest BCUT2D eigenvalue weighted by atomic mass is 79.9. The Morgan fingerprint density at radius 1 is 1.30 bits per heavy atom. The number of piperidine rings is 1. The Labute approximate surface area is 128 Å². The number of nitrogens with one attached hydrogen (secondary N) is 1. The second-order valence-electron chi connectivity index (χ2n) is 5.50. The van der Waals surface area contributed by atoms with E-state index in [1.807, 2.05) is 0 Å². The van der Waals surface area contributed by atoms with Crippen LogP contribution in [0.1, 0.15) is 30.1 Å². The maximum Gasteiger partial charge on any atom is 0.0675 e. The van der Waals surface area contributed by atoms with Crippen molar-refractivity contribution in [1.82, 2.24) is 15.1 Å². The zero-order chi connectivity index (χ0) is 14.1. The third kappa shape index (κ3) is 2.54. The number of benzene rings is 1. The molecule has 1 saturated heterocycles. The van der Waals surface area contributed by atoms with E-state index in [0.717, 1.165) is 23.3 Å². The molecule has 1 aliphatic rings. The van der Waals surface area contributed by atoms with Crippen LogP contribution in [0.3, 0.4) is 0 Å². The summed E-state index contributed by atoms with van der Waals surface area (Å²) in [4.78, 5) is 0. The summed E-state index contributed by atoms with van der Waals surface area (Å²) in [7, 11) is 2.08. The van der Waals surface area contributed by atoms with Gasteiger partial charge in [0.2, 0.25) is 0 Å². The lowest BCUT2D eigenvalue weighted by molar-refractivity contribution is 0.440. The topological polar surface area (TPSA) is 29.9 Å². The number of rotatable bonds is 2.